The quantitative estimate of drug-likeness (QED) is 0.268. The van der Waals surface area contributed by atoms with Crippen molar-refractivity contribution in [2.24, 2.45) is 0 Å². The zero-order valence-corrected chi connectivity index (χ0v) is 22.7. The van der Waals surface area contributed by atoms with E-state index >= 15 is 0 Å². The molecule has 3 heterocycles. The summed E-state index contributed by atoms with van der Waals surface area (Å²) >= 11 is 0. The number of hydrogen-bond donors (Lipinski definition) is 0. The molecule has 3 fully saturated rings. The van der Waals surface area contributed by atoms with Crippen molar-refractivity contribution in [2.75, 3.05) is 0 Å². The average Bonchev–Trinajstić information content (AvgIpc) is 3.48. The highest BCUT2D eigenvalue weighted by atomic mass is 19.4. The van der Waals surface area contributed by atoms with Gasteiger partial charge in [0, 0.05) is 0 Å². The molecule has 0 spiro atoms. The summed E-state index contributed by atoms with van der Waals surface area (Å²) in [6, 6.07) is 1.77. The van der Waals surface area contributed by atoms with Crippen molar-refractivity contribution >= 4 is 18.7 Å². The predicted octanol–water partition coefficient (Wildman–Crippen LogP) is 7.44. The number of carbonyl (C=O) groups is 1. The Balaban J connectivity index is 1.56. The SMILES string of the molecule is CC1(C)OB(c2ccc(C(F)(F)F)cc2C2CCC3C(c4cc(C(F)(F)F)cc(C(F)(F)F)c4)OC(=O)N23)OC1(C)C. The minimum absolute atomic E-state index is 0.0310. The summed E-state index contributed by atoms with van der Waals surface area (Å²) in [5.74, 6) is 0. The third-order valence-corrected chi connectivity index (χ3v) is 8.44. The standard InChI is InChI=1S/C27H25BF9NO4/c1-23(2)24(3,4)42-28(41-23)18-6-5-14(25(29,30)31)12-17(18)19-7-8-20-21(40-22(39)38(19)20)13-9-15(26(32,33)34)11-16(10-13)27(35,36)37/h5-6,9-12,19-21H,7-8H2,1-4H3. The van der Waals surface area contributed by atoms with E-state index in [2.05, 4.69) is 0 Å². The molecule has 2 aromatic carbocycles. The van der Waals surface area contributed by atoms with Crippen LogP contribution >= 0.6 is 0 Å². The highest BCUT2D eigenvalue weighted by molar-refractivity contribution is 6.62. The zero-order chi connectivity index (χ0) is 31.2. The fourth-order valence-corrected chi connectivity index (χ4v) is 5.61. The van der Waals surface area contributed by atoms with Gasteiger partial charge < -0.3 is 14.0 Å². The Morgan fingerprint density at radius 2 is 1.29 bits per heavy atom. The van der Waals surface area contributed by atoms with Crippen LogP contribution in [-0.4, -0.2) is 35.4 Å². The summed E-state index contributed by atoms with van der Waals surface area (Å²) in [7, 11) is -1.11. The monoisotopic (exact) mass is 609 g/mol. The van der Waals surface area contributed by atoms with Crippen LogP contribution in [0.2, 0.25) is 0 Å². The molecule has 15 heteroatoms. The van der Waals surface area contributed by atoms with Crippen LogP contribution in [-0.2, 0) is 32.6 Å². The second-order valence-corrected chi connectivity index (χ2v) is 11.6. The van der Waals surface area contributed by atoms with Gasteiger partial charge in [0.25, 0.3) is 0 Å². The predicted molar refractivity (Wildman–Crippen MR) is 130 cm³/mol. The van der Waals surface area contributed by atoms with Crippen LogP contribution in [0.25, 0.3) is 0 Å². The van der Waals surface area contributed by atoms with Gasteiger partial charge in [-0.1, -0.05) is 12.1 Å². The number of fused-ring (bicyclic) bond motifs is 1. The van der Waals surface area contributed by atoms with E-state index in [4.69, 9.17) is 14.0 Å². The molecule has 3 saturated heterocycles. The molecule has 228 valence electrons. The van der Waals surface area contributed by atoms with E-state index in [1.54, 1.807) is 27.7 Å². The number of benzene rings is 2. The first kappa shape index (κ1) is 30.5. The van der Waals surface area contributed by atoms with E-state index in [9.17, 15) is 44.3 Å². The minimum Gasteiger partial charge on any atom is -0.439 e. The maximum atomic E-state index is 13.8. The van der Waals surface area contributed by atoms with Gasteiger partial charge in [0.1, 0.15) is 6.10 Å². The first-order chi connectivity index (χ1) is 19.1. The topological polar surface area (TPSA) is 48.0 Å². The van der Waals surface area contributed by atoms with Crippen molar-refractivity contribution in [2.45, 2.75) is 88.5 Å². The van der Waals surface area contributed by atoms with Gasteiger partial charge in [0.05, 0.1) is 40.0 Å². The van der Waals surface area contributed by atoms with Crippen molar-refractivity contribution in [3.8, 4) is 0 Å². The first-order valence-electron chi connectivity index (χ1n) is 13.0. The van der Waals surface area contributed by atoms with Gasteiger partial charge in [-0.3, -0.25) is 4.90 Å². The molecular formula is C27H25BF9NO4. The molecule has 0 aromatic heterocycles. The van der Waals surface area contributed by atoms with E-state index < -0.39 is 83.4 Å². The summed E-state index contributed by atoms with van der Waals surface area (Å²) < 4.78 is 140. The Hall–Kier alpha value is -2.94. The van der Waals surface area contributed by atoms with Crippen LogP contribution in [0, 0.1) is 0 Å². The molecular weight excluding hydrogens is 584 g/mol. The Kier molecular flexibility index (Phi) is 6.93. The Morgan fingerprint density at radius 3 is 1.79 bits per heavy atom. The van der Waals surface area contributed by atoms with Crippen molar-refractivity contribution < 1.29 is 58.4 Å². The molecule has 3 aliphatic heterocycles. The van der Waals surface area contributed by atoms with Crippen molar-refractivity contribution in [3.05, 3.63) is 64.2 Å². The maximum absolute atomic E-state index is 13.8. The van der Waals surface area contributed by atoms with Gasteiger partial charge in [-0.25, -0.2) is 4.79 Å². The highest BCUT2D eigenvalue weighted by Gasteiger charge is 2.55. The van der Waals surface area contributed by atoms with E-state index in [1.807, 2.05) is 0 Å². The third-order valence-electron chi connectivity index (χ3n) is 8.44. The minimum atomic E-state index is -5.12. The molecule has 3 atom stereocenters. The number of ether oxygens (including phenoxy) is 1. The molecule has 5 rings (SSSR count). The van der Waals surface area contributed by atoms with Crippen LogP contribution in [0.3, 0.4) is 0 Å². The number of hydrogen-bond acceptors (Lipinski definition) is 4. The van der Waals surface area contributed by atoms with Gasteiger partial charge >= 0.3 is 31.7 Å². The number of cyclic esters (lactones) is 1. The lowest BCUT2D eigenvalue weighted by Gasteiger charge is -2.32. The lowest BCUT2D eigenvalue weighted by atomic mass is 9.73. The lowest BCUT2D eigenvalue weighted by Crippen LogP contribution is -2.41. The Morgan fingerprint density at radius 1 is 0.762 bits per heavy atom. The summed E-state index contributed by atoms with van der Waals surface area (Å²) in [5.41, 5.74) is -6.15. The number of alkyl halides is 9. The van der Waals surface area contributed by atoms with Gasteiger partial charge in [-0.05, 0) is 81.4 Å². The molecule has 5 nitrogen and oxygen atoms in total. The Labute approximate surface area is 235 Å². The summed E-state index contributed by atoms with van der Waals surface area (Å²) in [5, 5.41) is 0. The lowest BCUT2D eigenvalue weighted by molar-refractivity contribution is -0.143. The number of halogens is 9. The Bertz CT molecular complexity index is 1360. The average molecular weight is 609 g/mol. The fraction of sp³-hybridized carbons (Fsp3) is 0.519. The molecule has 0 bridgehead atoms. The summed E-state index contributed by atoms with van der Waals surface area (Å²) in [6.07, 6.45) is -17.5. The zero-order valence-electron chi connectivity index (χ0n) is 22.7. The van der Waals surface area contributed by atoms with E-state index in [1.165, 1.54) is 6.07 Å². The third kappa shape index (κ3) is 5.22. The van der Waals surface area contributed by atoms with E-state index in [0.29, 0.717) is 12.1 Å². The molecule has 0 saturated carbocycles. The first-order valence-corrected chi connectivity index (χ1v) is 13.0. The van der Waals surface area contributed by atoms with Gasteiger partial charge in [-0.2, -0.15) is 39.5 Å². The highest BCUT2D eigenvalue weighted by Crippen LogP contribution is 2.49. The normalized spacial score (nSPS) is 25.6. The van der Waals surface area contributed by atoms with Crippen LogP contribution in [0.4, 0.5) is 44.3 Å². The molecule has 3 unspecified atom stereocenters. The van der Waals surface area contributed by atoms with Crippen LogP contribution in [0.5, 0.6) is 0 Å². The number of carbonyl (C=O) groups excluding carboxylic acids is 1. The molecule has 42 heavy (non-hydrogen) atoms. The number of amides is 1. The van der Waals surface area contributed by atoms with Gasteiger partial charge in [-0.15, -0.1) is 0 Å². The number of rotatable bonds is 3. The summed E-state index contributed by atoms with van der Waals surface area (Å²) in [6.45, 7) is 6.98. The molecule has 0 N–H and O–H groups in total. The van der Waals surface area contributed by atoms with E-state index in [0.717, 1.165) is 17.0 Å². The smallest absolute Gasteiger partial charge is 0.439 e. The fourth-order valence-electron chi connectivity index (χ4n) is 5.61. The molecule has 1 amide bonds. The van der Waals surface area contributed by atoms with Crippen molar-refractivity contribution in [1.82, 2.24) is 4.90 Å². The van der Waals surface area contributed by atoms with E-state index in [-0.39, 0.29) is 29.9 Å². The maximum Gasteiger partial charge on any atom is 0.495 e. The largest absolute Gasteiger partial charge is 0.495 e. The molecule has 2 aromatic rings. The second-order valence-electron chi connectivity index (χ2n) is 11.6. The van der Waals surface area contributed by atoms with Crippen molar-refractivity contribution in [1.29, 1.82) is 0 Å². The second kappa shape index (κ2) is 9.53. The van der Waals surface area contributed by atoms with Gasteiger partial charge in [0.2, 0.25) is 0 Å². The molecule has 0 aliphatic carbocycles. The summed E-state index contributed by atoms with van der Waals surface area (Å²) in [4.78, 5) is 14.2. The van der Waals surface area contributed by atoms with Crippen LogP contribution in [0.1, 0.15) is 80.5 Å². The van der Waals surface area contributed by atoms with Crippen molar-refractivity contribution in [3.63, 3.8) is 0 Å². The van der Waals surface area contributed by atoms with Gasteiger partial charge in [0.15, 0.2) is 0 Å². The van der Waals surface area contributed by atoms with Crippen LogP contribution in [0.15, 0.2) is 36.4 Å². The number of nitrogens with zero attached hydrogens (tertiary/aromatic N) is 1. The van der Waals surface area contributed by atoms with Crippen LogP contribution < -0.4 is 5.46 Å². The molecule has 0 radical (unpaired) electrons. The molecule has 3 aliphatic rings.